The van der Waals surface area contributed by atoms with E-state index in [4.69, 9.17) is 26.2 Å². The summed E-state index contributed by atoms with van der Waals surface area (Å²) in [7, 11) is 0. The van der Waals surface area contributed by atoms with Gasteiger partial charge in [0, 0.05) is 38.1 Å². The highest BCUT2D eigenvalue weighted by molar-refractivity contribution is 6.32. The first kappa shape index (κ1) is 39.1. The number of carbonyl (C=O) groups is 3. The van der Waals surface area contributed by atoms with Gasteiger partial charge >= 0.3 is 12.1 Å². The first-order valence-electron chi connectivity index (χ1n) is 17.9. The van der Waals surface area contributed by atoms with Crippen LogP contribution in [0.5, 0.6) is 11.5 Å². The van der Waals surface area contributed by atoms with Crippen molar-refractivity contribution in [2.24, 2.45) is 0 Å². The predicted octanol–water partition coefficient (Wildman–Crippen LogP) is 6.18. The number of benzene rings is 3. The summed E-state index contributed by atoms with van der Waals surface area (Å²) in [4.78, 5) is 42.4. The number of halogens is 4. The molecule has 2 fully saturated rings. The van der Waals surface area contributed by atoms with Gasteiger partial charge in [-0.15, -0.1) is 0 Å². The number of ether oxygens (including phenoxy) is 2. The molecule has 2 aliphatic heterocycles. The van der Waals surface area contributed by atoms with E-state index in [9.17, 15) is 32.7 Å². The van der Waals surface area contributed by atoms with Crippen molar-refractivity contribution in [3.05, 3.63) is 99.6 Å². The number of piperazine rings is 1. The summed E-state index contributed by atoms with van der Waals surface area (Å²) in [6, 6.07) is 15.4. The molecular formula is C40H43ClF3N3O7. The smallest absolute Gasteiger partial charge is 0.416 e. The number of rotatable bonds is 14. The Morgan fingerprint density at radius 3 is 2.41 bits per heavy atom. The van der Waals surface area contributed by atoms with Gasteiger partial charge in [0.05, 0.1) is 29.5 Å². The minimum absolute atomic E-state index is 0.0443. The SMILES string of the molecule is Cc1cc(Cl)c(OCCOc2ccc(C3=C[C@H]4CN(C(=O)C[C@@H](O)CC(=O)O)C[C@@](C(=O)N(Cc5cccc(C(F)(F)F)c5)C5CC5)(C3)N4)cc2)cc1C. The number of alkyl halides is 3. The van der Waals surface area contributed by atoms with E-state index in [1.54, 1.807) is 11.0 Å². The summed E-state index contributed by atoms with van der Waals surface area (Å²) in [5.41, 5.74) is 2.00. The topological polar surface area (TPSA) is 129 Å². The first-order valence-corrected chi connectivity index (χ1v) is 18.2. The molecule has 10 nitrogen and oxygen atoms in total. The number of carbonyl (C=O) groups excluding carboxylic acids is 2. The second-order valence-corrected chi connectivity index (χ2v) is 14.8. The minimum Gasteiger partial charge on any atom is -0.490 e. The number of aliphatic hydroxyl groups is 1. The molecule has 3 aliphatic rings. The normalized spacial score (nSPS) is 20.2. The van der Waals surface area contributed by atoms with Crippen molar-refractivity contribution in [3.63, 3.8) is 0 Å². The zero-order valence-electron chi connectivity index (χ0n) is 30.0. The summed E-state index contributed by atoms with van der Waals surface area (Å²) in [6.07, 6.45) is -3.47. The maximum atomic E-state index is 14.8. The molecule has 0 spiro atoms. The van der Waals surface area contributed by atoms with E-state index in [1.165, 1.54) is 11.0 Å². The van der Waals surface area contributed by atoms with Crippen LogP contribution in [0.2, 0.25) is 5.02 Å². The van der Waals surface area contributed by atoms with Crippen LogP contribution < -0.4 is 14.8 Å². The Labute approximate surface area is 316 Å². The second kappa shape index (κ2) is 16.0. The Hall–Kier alpha value is -4.59. The van der Waals surface area contributed by atoms with Crippen molar-refractivity contribution in [2.75, 3.05) is 26.3 Å². The molecule has 3 aromatic carbocycles. The lowest BCUT2D eigenvalue weighted by Gasteiger charge is -2.50. The highest BCUT2D eigenvalue weighted by Crippen LogP contribution is 2.40. The Kier molecular flexibility index (Phi) is 11.6. The molecule has 288 valence electrons. The first-order chi connectivity index (χ1) is 25.6. The van der Waals surface area contributed by atoms with Crippen molar-refractivity contribution in [1.82, 2.24) is 15.1 Å². The van der Waals surface area contributed by atoms with Crippen LogP contribution in [-0.2, 0) is 27.1 Å². The standard InChI is InChI=1S/C40H43ClF3N3O7/c1-24-14-34(41)35(15-25(24)2)54-13-12-53-33-10-6-27(7-11-33)28-17-30-22-46(36(49)18-32(48)19-37(50)51)23-39(20-28,45-30)38(52)47(31-8-9-31)21-26-4-3-5-29(16-26)40(42,43)44/h3-7,10-11,14-17,30-32,45,48H,8-9,12-13,18-23H2,1-2H3,(H,50,51)/t30-,32+,39+/m0/s1. The van der Waals surface area contributed by atoms with Crippen LogP contribution in [0.1, 0.15) is 59.9 Å². The molecule has 2 bridgehead atoms. The van der Waals surface area contributed by atoms with Crippen LogP contribution in [0, 0.1) is 13.8 Å². The Bertz CT molecular complexity index is 1920. The maximum Gasteiger partial charge on any atom is 0.416 e. The molecule has 0 radical (unpaired) electrons. The fourth-order valence-electron chi connectivity index (χ4n) is 7.11. The lowest BCUT2D eigenvalue weighted by Crippen LogP contribution is -2.72. The number of aryl methyl sites for hydroxylation is 2. The second-order valence-electron chi connectivity index (χ2n) is 14.4. The summed E-state index contributed by atoms with van der Waals surface area (Å²) >= 11 is 6.32. The molecule has 2 amide bonds. The molecule has 3 N–H and O–H groups in total. The van der Waals surface area contributed by atoms with E-state index < -0.39 is 54.1 Å². The molecule has 1 aliphatic carbocycles. The number of hydrogen-bond acceptors (Lipinski definition) is 7. The molecule has 54 heavy (non-hydrogen) atoms. The van der Waals surface area contributed by atoms with Crippen LogP contribution in [0.25, 0.3) is 5.57 Å². The zero-order chi connectivity index (χ0) is 38.8. The fourth-order valence-corrected chi connectivity index (χ4v) is 7.38. The number of hydrogen-bond donors (Lipinski definition) is 3. The van der Waals surface area contributed by atoms with Crippen molar-refractivity contribution in [2.45, 2.75) is 82.4 Å². The van der Waals surface area contributed by atoms with Gasteiger partial charge in [0.1, 0.15) is 30.3 Å². The number of aliphatic hydroxyl groups excluding tert-OH is 1. The van der Waals surface area contributed by atoms with E-state index in [1.807, 2.05) is 56.3 Å². The number of nitrogens with one attached hydrogen (secondary N) is 1. The highest BCUT2D eigenvalue weighted by Gasteiger charge is 2.52. The van der Waals surface area contributed by atoms with Crippen molar-refractivity contribution < 1.29 is 47.2 Å². The van der Waals surface area contributed by atoms with Gasteiger partial charge in [-0.1, -0.05) is 41.9 Å². The molecule has 14 heteroatoms. The largest absolute Gasteiger partial charge is 0.490 e. The van der Waals surface area contributed by atoms with Crippen LogP contribution >= 0.6 is 11.6 Å². The van der Waals surface area contributed by atoms with E-state index in [0.29, 0.717) is 34.9 Å². The van der Waals surface area contributed by atoms with Gasteiger partial charge in [0.25, 0.3) is 0 Å². The van der Waals surface area contributed by atoms with Gasteiger partial charge < -0.3 is 29.5 Å². The number of amides is 2. The fraction of sp³-hybridized carbons (Fsp3) is 0.425. The Morgan fingerprint density at radius 2 is 1.72 bits per heavy atom. The lowest BCUT2D eigenvalue weighted by molar-refractivity contribution is -0.147. The quantitative estimate of drug-likeness (QED) is 0.166. The number of nitrogens with zero attached hydrogens (tertiary/aromatic N) is 2. The van der Waals surface area contributed by atoms with Gasteiger partial charge in [0.15, 0.2) is 0 Å². The van der Waals surface area contributed by atoms with Gasteiger partial charge in [-0.2, -0.15) is 13.2 Å². The number of aliphatic carboxylic acids is 1. The molecule has 1 saturated heterocycles. The average molecular weight is 770 g/mol. The summed E-state index contributed by atoms with van der Waals surface area (Å²) in [5, 5.41) is 23.3. The number of carboxylic acid groups (broad SMARTS) is 1. The predicted molar refractivity (Wildman–Crippen MR) is 195 cm³/mol. The summed E-state index contributed by atoms with van der Waals surface area (Å²) in [5.74, 6) is -0.895. The van der Waals surface area contributed by atoms with E-state index >= 15 is 0 Å². The summed E-state index contributed by atoms with van der Waals surface area (Å²) < 4.78 is 52.5. The van der Waals surface area contributed by atoms with Gasteiger partial charge in [-0.3, -0.25) is 19.7 Å². The number of fused-ring (bicyclic) bond motifs is 2. The Balaban J connectivity index is 1.21. The third-order valence-corrected chi connectivity index (χ3v) is 10.4. The van der Waals surface area contributed by atoms with Crippen molar-refractivity contribution in [3.8, 4) is 11.5 Å². The average Bonchev–Trinajstić information content (AvgIpc) is 3.96. The summed E-state index contributed by atoms with van der Waals surface area (Å²) in [6.45, 7) is 4.54. The van der Waals surface area contributed by atoms with Crippen LogP contribution in [0.15, 0.2) is 66.7 Å². The van der Waals surface area contributed by atoms with Crippen molar-refractivity contribution in [1.29, 1.82) is 0 Å². The molecule has 1 saturated carbocycles. The molecule has 0 unspecified atom stereocenters. The molecule has 6 rings (SSSR count). The highest BCUT2D eigenvalue weighted by atomic mass is 35.5. The van der Waals surface area contributed by atoms with Crippen LogP contribution in [0.3, 0.4) is 0 Å². The molecule has 2 heterocycles. The molecule has 3 atom stereocenters. The van der Waals surface area contributed by atoms with E-state index in [0.717, 1.165) is 34.4 Å². The van der Waals surface area contributed by atoms with Gasteiger partial charge in [-0.25, -0.2) is 0 Å². The van der Waals surface area contributed by atoms with Gasteiger partial charge in [-0.05, 0) is 90.9 Å². The van der Waals surface area contributed by atoms with Crippen molar-refractivity contribution >= 4 is 35.0 Å². The lowest BCUT2D eigenvalue weighted by atomic mass is 9.78. The molecule has 0 aromatic heterocycles. The van der Waals surface area contributed by atoms with E-state index in [-0.39, 0.29) is 51.2 Å². The van der Waals surface area contributed by atoms with Crippen LogP contribution in [0.4, 0.5) is 13.2 Å². The zero-order valence-corrected chi connectivity index (χ0v) is 30.8. The Morgan fingerprint density at radius 1 is 1.02 bits per heavy atom. The number of carboxylic acids is 1. The molecular weight excluding hydrogens is 727 g/mol. The van der Waals surface area contributed by atoms with E-state index in [2.05, 4.69) is 5.32 Å². The third kappa shape index (κ3) is 9.37. The van der Waals surface area contributed by atoms with Gasteiger partial charge in [0.2, 0.25) is 11.8 Å². The monoisotopic (exact) mass is 769 g/mol. The molecule has 3 aromatic rings. The maximum absolute atomic E-state index is 14.8. The van der Waals surface area contributed by atoms with Crippen LogP contribution in [-0.4, -0.2) is 87.8 Å². The third-order valence-electron chi connectivity index (χ3n) is 10.1. The minimum atomic E-state index is -4.54.